The molecule has 0 spiro atoms. The molecule has 1 saturated carbocycles. The van der Waals surface area contributed by atoms with Gasteiger partial charge in [-0.05, 0) is 39.5 Å². The summed E-state index contributed by atoms with van der Waals surface area (Å²) in [6.45, 7) is 10.2. The van der Waals surface area contributed by atoms with Crippen molar-refractivity contribution in [3.63, 3.8) is 0 Å². The molecule has 1 fully saturated rings. The lowest BCUT2D eigenvalue weighted by Gasteiger charge is -2.38. The molecule has 19 heavy (non-hydrogen) atoms. The van der Waals surface area contributed by atoms with Crippen molar-refractivity contribution in [2.45, 2.75) is 39.2 Å². The highest BCUT2D eigenvalue weighted by Crippen LogP contribution is 2.30. The Morgan fingerprint density at radius 2 is 1.95 bits per heavy atom. The van der Waals surface area contributed by atoms with Gasteiger partial charge < -0.3 is 14.9 Å². The van der Waals surface area contributed by atoms with Crippen LogP contribution in [0.25, 0.3) is 0 Å². The maximum absolute atomic E-state index is 12.5. The lowest BCUT2D eigenvalue weighted by atomic mass is 10.1. The second kappa shape index (κ2) is 6.08. The van der Waals surface area contributed by atoms with E-state index in [-0.39, 0.29) is 18.1 Å². The minimum absolute atomic E-state index is 0.221. The summed E-state index contributed by atoms with van der Waals surface area (Å²) in [4.78, 5) is 26.5. The quantitative estimate of drug-likeness (QED) is 0.751. The Balaban J connectivity index is 2.80. The Morgan fingerprint density at radius 3 is 2.32 bits per heavy atom. The molecule has 0 saturated heterocycles. The molecule has 1 N–H and O–H groups in total. The Labute approximate surface area is 114 Å². The minimum Gasteiger partial charge on any atom is -0.480 e. The van der Waals surface area contributed by atoms with E-state index in [4.69, 9.17) is 5.11 Å². The van der Waals surface area contributed by atoms with Crippen LogP contribution in [0.4, 0.5) is 4.79 Å². The lowest BCUT2D eigenvalue weighted by Crippen LogP contribution is -2.53. The molecule has 1 aliphatic carbocycles. The first kappa shape index (κ1) is 15.5. The van der Waals surface area contributed by atoms with Crippen LogP contribution in [0, 0.1) is 5.92 Å². The third-order valence-electron chi connectivity index (χ3n) is 3.12. The van der Waals surface area contributed by atoms with Crippen LogP contribution in [-0.2, 0) is 4.79 Å². The maximum Gasteiger partial charge on any atom is 0.323 e. The second-order valence-electron chi connectivity index (χ2n) is 6.07. The third kappa shape index (κ3) is 4.93. The topological polar surface area (TPSA) is 60.9 Å². The van der Waals surface area contributed by atoms with Gasteiger partial charge in [-0.15, -0.1) is 6.58 Å². The van der Waals surface area contributed by atoms with Crippen molar-refractivity contribution in [3.05, 3.63) is 12.7 Å². The standard InChI is InChI=1S/C14H24N2O3/c1-5-8-16(14(2,3)4)13(19)15(10-12(17)18)9-11-6-7-11/h5,11H,1,6-10H2,2-4H3,(H,17,18). The summed E-state index contributed by atoms with van der Waals surface area (Å²) in [6, 6.07) is -0.221. The molecule has 1 aliphatic rings. The molecule has 2 amide bonds. The van der Waals surface area contributed by atoms with Crippen molar-refractivity contribution in [2.24, 2.45) is 5.92 Å². The van der Waals surface area contributed by atoms with Gasteiger partial charge in [-0.1, -0.05) is 6.08 Å². The van der Waals surface area contributed by atoms with Gasteiger partial charge in [-0.25, -0.2) is 4.79 Å². The fourth-order valence-corrected chi connectivity index (χ4v) is 1.92. The number of urea groups is 1. The summed E-state index contributed by atoms with van der Waals surface area (Å²) in [7, 11) is 0. The first-order chi connectivity index (χ1) is 8.75. The number of rotatable bonds is 6. The Morgan fingerprint density at radius 1 is 1.37 bits per heavy atom. The molecule has 0 radical (unpaired) electrons. The zero-order valence-electron chi connectivity index (χ0n) is 12.1. The molecular weight excluding hydrogens is 244 g/mol. The summed E-state index contributed by atoms with van der Waals surface area (Å²) in [5.41, 5.74) is -0.356. The summed E-state index contributed by atoms with van der Waals surface area (Å²) in [6.07, 6.45) is 3.83. The number of aliphatic carboxylic acids is 1. The monoisotopic (exact) mass is 268 g/mol. The minimum atomic E-state index is -0.971. The molecule has 108 valence electrons. The number of carbonyl (C=O) groups is 2. The highest BCUT2D eigenvalue weighted by Gasteiger charge is 2.33. The molecular formula is C14H24N2O3. The van der Waals surface area contributed by atoms with Crippen molar-refractivity contribution in [1.82, 2.24) is 9.80 Å². The number of hydrogen-bond donors (Lipinski definition) is 1. The van der Waals surface area contributed by atoms with Crippen LogP contribution >= 0.6 is 0 Å². The van der Waals surface area contributed by atoms with Crippen molar-refractivity contribution in [2.75, 3.05) is 19.6 Å². The van der Waals surface area contributed by atoms with Gasteiger partial charge in [0.05, 0.1) is 0 Å². The van der Waals surface area contributed by atoms with E-state index < -0.39 is 5.97 Å². The van der Waals surface area contributed by atoms with Crippen LogP contribution in [0.5, 0.6) is 0 Å². The normalized spacial score (nSPS) is 14.9. The molecule has 0 unspecified atom stereocenters. The predicted molar refractivity (Wildman–Crippen MR) is 74.0 cm³/mol. The summed E-state index contributed by atoms with van der Waals surface area (Å²) in [5.74, 6) is -0.504. The fourth-order valence-electron chi connectivity index (χ4n) is 1.92. The second-order valence-corrected chi connectivity index (χ2v) is 6.07. The highest BCUT2D eigenvalue weighted by molar-refractivity contribution is 5.80. The molecule has 0 aliphatic heterocycles. The van der Waals surface area contributed by atoms with Crippen LogP contribution < -0.4 is 0 Å². The van der Waals surface area contributed by atoms with Gasteiger partial charge in [0.15, 0.2) is 0 Å². The molecule has 0 aromatic heterocycles. The summed E-state index contributed by atoms with van der Waals surface area (Å²) < 4.78 is 0. The van der Waals surface area contributed by atoms with Crippen LogP contribution in [0.1, 0.15) is 33.6 Å². The van der Waals surface area contributed by atoms with E-state index >= 15 is 0 Å². The lowest BCUT2D eigenvalue weighted by molar-refractivity contribution is -0.137. The van der Waals surface area contributed by atoms with Crippen LogP contribution in [0.15, 0.2) is 12.7 Å². The highest BCUT2D eigenvalue weighted by atomic mass is 16.4. The molecule has 0 heterocycles. The van der Waals surface area contributed by atoms with Crippen molar-refractivity contribution < 1.29 is 14.7 Å². The smallest absolute Gasteiger partial charge is 0.323 e. The van der Waals surface area contributed by atoms with E-state index in [1.807, 2.05) is 20.8 Å². The predicted octanol–water partition coefficient (Wildman–Crippen LogP) is 2.19. The van der Waals surface area contributed by atoms with Gasteiger partial charge in [0.1, 0.15) is 6.54 Å². The Bertz CT molecular complexity index is 356. The number of nitrogens with zero attached hydrogens (tertiary/aromatic N) is 2. The van der Waals surface area contributed by atoms with Crippen molar-refractivity contribution >= 4 is 12.0 Å². The largest absolute Gasteiger partial charge is 0.480 e. The Kier molecular flexibility index (Phi) is 4.97. The van der Waals surface area contributed by atoms with Gasteiger partial charge in [0.25, 0.3) is 0 Å². The number of hydrogen-bond acceptors (Lipinski definition) is 2. The van der Waals surface area contributed by atoms with Gasteiger partial charge in [0, 0.05) is 18.6 Å². The first-order valence-electron chi connectivity index (χ1n) is 6.65. The zero-order valence-corrected chi connectivity index (χ0v) is 12.1. The van der Waals surface area contributed by atoms with Gasteiger partial charge in [-0.3, -0.25) is 4.79 Å². The molecule has 0 bridgehead atoms. The number of amides is 2. The van der Waals surface area contributed by atoms with Crippen molar-refractivity contribution in [3.8, 4) is 0 Å². The molecule has 5 nitrogen and oxygen atoms in total. The number of carboxylic acids is 1. The van der Waals surface area contributed by atoms with E-state index in [2.05, 4.69) is 6.58 Å². The van der Waals surface area contributed by atoms with E-state index in [1.54, 1.807) is 11.0 Å². The average Bonchev–Trinajstić information content (AvgIpc) is 3.05. The number of carboxylic acid groups (broad SMARTS) is 1. The molecule has 0 aromatic carbocycles. The molecule has 0 aromatic rings. The van der Waals surface area contributed by atoms with E-state index in [0.29, 0.717) is 19.0 Å². The summed E-state index contributed by atoms with van der Waals surface area (Å²) in [5, 5.41) is 8.95. The van der Waals surface area contributed by atoms with E-state index in [1.165, 1.54) is 4.90 Å². The third-order valence-corrected chi connectivity index (χ3v) is 3.12. The molecule has 0 atom stereocenters. The SMILES string of the molecule is C=CCN(C(=O)N(CC(=O)O)CC1CC1)C(C)(C)C. The summed E-state index contributed by atoms with van der Waals surface area (Å²) >= 11 is 0. The molecule has 1 rings (SSSR count). The van der Waals surface area contributed by atoms with Crippen LogP contribution in [0.3, 0.4) is 0 Å². The van der Waals surface area contributed by atoms with Gasteiger partial charge >= 0.3 is 12.0 Å². The van der Waals surface area contributed by atoms with Crippen LogP contribution in [0.2, 0.25) is 0 Å². The number of carbonyl (C=O) groups excluding carboxylic acids is 1. The first-order valence-corrected chi connectivity index (χ1v) is 6.65. The maximum atomic E-state index is 12.5. The van der Waals surface area contributed by atoms with Crippen LogP contribution in [-0.4, -0.2) is 52.1 Å². The van der Waals surface area contributed by atoms with Crippen molar-refractivity contribution in [1.29, 1.82) is 0 Å². The molecule has 5 heteroatoms. The van der Waals surface area contributed by atoms with Gasteiger partial charge in [0.2, 0.25) is 0 Å². The Hall–Kier alpha value is -1.52. The van der Waals surface area contributed by atoms with Gasteiger partial charge in [-0.2, -0.15) is 0 Å². The fraction of sp³-hybridized carbons (Fsp3) is 0.714. The zero-order chi connectivity index (χ0) is 14.6. The average molecular weight is 268 g/mol. The van der Waals surface area contributed by atoms with E-state index in [0.717, 1.165) is 12.8 Å². The van der Waals surface area contributed by atoms with E-state index in [9.17, 15) is 9.59 Å².